The Hall–Kier alpha value is -3.50. The van der Waals surface area contributed by atoms with Crippen LogP contribution >= 0.6 is 0 Å². The average Bonchev–Trinajstić information content (AvgIpc) is 3.34. The molecule has 0 saturated carbocycles. The molecular weight excluding hydrogens is 452 g/mol. The van der Waals surface area contributed by atoms with Crippen molar-refractivity contribution in [2.24, 2.45) is 5.92 Å². The van der Waals surface area contributed by atoms with Crippen molar-refractivity contribution in [2.75, 3.05) is 18.4 Å². The fourth-order valence-electron chi connectivity index (χ4n) is 4.21. The highest BCUT2D eigenvalue weighted by Gasteiger charge is 2.35. The lowest BCUT2D eigenvalue weighted by atomic mass is 9.89. The number of rotatable bonds is 5. The molecule has 2 atom stereocenters. The van der Waals surface area contributed by atoms with Crippen molar-refractivity contribution in [1.82, 2.24) is 24.9 Å². The number of hydrogen-bond acceptors (Lipinski definition) is 5. The van der Waals surface area contributed by atoms with Crippen LogP contribution in [0.2, 0.25) is 0 Å². The molecule has 3 heterocycles. The van der Waals surface area contributed by atoms with E-state index in [-0.39, 0.29) is 35.6 Å². The van der Waals surface area contributed by atoms with Gasteiger partial charge in [-0.25, -0.2) is 9.37 Å². The van der Waals surface area contributed by atoms with Crippen LogP contribution in [0.15, 0.2) is 42.9 Å². The van der Waals surface area contributed by atoms with E-state index >= 15 is 4.39 Å². The van der Waals surface area contributed by atoms with Crippen molar-refractivity contribution < 1.29 is 22.4 Å². The van der Waals surface area contributed by atoms with E-state index in [4.69, 9.17) is 0 Å². The minimum Gasteiger partial charge on any atom is -0.368 e. The quantitative estimate of drug-likeness (QED) is 0.550. The Morgan fingerprint density at radius 3 is 2.56 bits per heavy atom. The highest BCUT2D eigenvalue weighted by atomic mass is 19.4. The summed E-state index contributed by atoms with van der Waals surface area (Å²) in [4.78, 5) is 20.3. The summed E-state index contributed by atoms with van der Waals surface area (Å²) in [5.41, 5.74) is -0.376. The smallest absolute Gasteiger partial charge is 0.368 e. The van der Waals surface area contributed by atoms with E-state index in [1.165, 1.54) is 23.3 Å². The maximum absolute atomic E-state index is 15.2. The summed E-state index contributed by atoms with van der Waals surface area (Å²) in [5.74, 6) is -0.762. The minimum absolute atomic E-state index is 0.0822. The lowest BCUT2D eigenvalue weighted by molar-refractivity contribution is -0.137. The second-order valence-corrected chi connectivity index (χ2v) is 8.41. The standard InChI is InChI=1S/C23H24F4N6O/c1-14-4-3-11-32(18(14)13-29-19-8-6-16(12-28-19)23(25,26)27)22(34)20-17(33-30-9-10-31-33)7-5-15(2)21(20)24/h5-10,12,14,18H,3-4,11,13H2,1-2H3,(H,28,29)/t14-,18?/m1/s1. The van der Waals surface area contributed by atoms with Crippen molar-refractivity contribution in [3.8, 4) is 5.69 Å². The Labute approximate surface area is 193 Å². The van der Waals surface area contributed by atoms with Gasteiger partial charge >= 0.3 is 6.18 Å². The third-order valence-electron chi connectivity index (χ3n) is 6.12. The maximum atomic E-state index is 15.2. The lowest BCUT2D eigenvalue weighted by Gasteiger charge is -2.40. The third kappa shape index (κ3) is 4.73. The van der Waals surface area contributed by atoms with Crippen molar-refractivity contribution in [2.45, 2.75) is 38.9 Å². The number of nitrogens with one attached hydrogen (secondary N) is 1. The summed E-state index contributed by atoms with van der Waals surface area (Å²) in [6.07, 6.45) is 0.801. The van der Waals surface area contributed by atoms with Gasteiger partial charge in [-0.3, -0.25) is 4.79 Å². The first-order valence-corrected chi connectivity index (χ1v) is 10.9. The van der Waals surface area contributed by atoms with Gasteiger partial charge in [0.25, 0.3) is 5.91 Å². The number of nitrogens with zero attached hydrogens (tertiary/aromatic N) is 5. The molecule has 1 amide bonds. The number of carbonyl (C=O) groups excluding carboxylic acids is 1. The number of alkyl halides is 3. The molecule has 1 fully saturated rings. The van der Waals surface area contributed by atoms with Crippen molar-refractivity contribution >= 4 is 11.7 Å². The molecule has 7 nitrogen and oxygen atoms in total. The molecule has 180 valence electrons. The number of halogens is 4. The summed E-state index contributed by atoms with van der Waals surface area (Å²) in [6, 6.07) is 5.07. The largest absolute Gasteiger partial charge is 0.417 e. The molecule has 4 rings (SSSR count). The number of benzene rings is 1. The van der Waals surface area contributed by atoms with E-state index in [1.807, 2.05) is 6.92 Å². The van der Waals surface area contributed by atoms with Crippen LogP contribution in [0.25, 0.3) is 5.69 Å². The molecule has 0 radical (unpaired) electrons. The number of pyridine rings is 1. The molecule has 2 aromatic heterocycles. The fourth-order valence-corrected chi connectivity index (χ4v) is 4.21. The van der Waals surface area contributed by atoms with Crippen LogP contribution in [0.1, 0.15) is 41.3 Å². The first-order chi connectivity index (χ1) is 16.2. The monoisotopic (exact) mass is 476 g/mol. The molecule has 0 bridgehead atoms. The van der Waals surface area contributed by atoms with Crippen LogP contribution in [0.5, 0.6) is 0 Å². The number of aryl methyl sites for hydroxylation is 1. The second kappa shape index (κ2) is 9.40. The SMILES string of the molecule is Cc1ccc(-n2nccn2)c(C(=O)N2CCC[C@@H](C)C2CNc2ccc(C(F)(F)F)cn2)c1F. The molecule has 1 aliphatic heterocycles. The number of likely N-dealkylation sites (tertiary alicyclic amines) is 1. The predicted octanol–water partition coefficient (Wildman–Crippen LogP) is 4.48. The summed E-state index contributed by atoms with van der Waals surface area (Å²) in [6.45, 7) is 4.26. The van der Waals surface area contributed by atoms with Crippen molar-refractivity contribution in [3.63, 3.8) is 0 Å². The van der Waals surface area contributed by atoms with Gasteiger partial charge in [0.2, 0.25) is 0 Å². The van der Waals surface area contributed by atoms with Gasteiger partial charge in [-0.1, -0.05) is 13.0 Å². The van der Waals surface area contributed by atoms with Crippen LogP contribution < -0.4 is 5.32 Å². The highest BCUT2D eigenvalue weighted by Crippen LogP contribution is 2.30. The molecule has 1 N–H and O–H groups in total. The number of carbonyl (C=O) groups is 1. The molecule has 0 spiro atoms. The summed E-state index contributed by atoms with van der Waals surface area (Å²) in [5, 5.41) is 11.1. The zero-order chi connectivity index (χ0) is 24.5. The van der Waals surface area contributed by atoms with Gasteiger partial charge in [0.15, 0.2) is 0 Å². The average molecular weight is 476 g/mol. The second-order valence-electron chi connectivity index (χ2n) is 8.41. The Balaban J connectivity index is 1.59. The molecule has 1 aliphatic rings. The van der Waals surface area contributed by atoms with Gasteiger partial charge in [0.05, 0.1) is 24.0 Å². The highest BCUT2D eigenvalue weighted by molar-refractivity contribution is 5.98. The van der Waals surface area contributed by atoms with Crippen LogP contribution in [0.4, 0.5) is 23.4 Å². The van der Waals surface area contributed by atoms with Gasteiger partial charge in [0.1, 0.15) is 22.9 Å². The Kier molecular flexibility index (Phi) is 6.54. The van der Waals surface area contributed by atoms with E-state index < -0.39 is 23.5 Å². The Morgan fingerprint density at radius 1 is 1.18 bits per heavy atom. The zero-order valence-corrected chi connectivity index (χ0v) is 18.7. The number of piperidine rings is 1. The van der Waals surface area contributed by atoms with Gasteiger partial charge in [-0.05, 0) is 49.4 Å². The van der Waals surface area contributed by atoms with Crippen molar-refractivity contribution in [3.05, 3.63) is 65.4 Å². The molecule has 34 heavy (non-hydrogen) atoms. The summed E-state index contributed by atoms with van der Waals surface area (Å²) in [7, 11) is 0. The Bertz CT molecular complexity index is 1150. The molecule has 0 aliphatic carbocycles. The third-order valence-corrected chi connectivity index (χ3v) is 6.12. The Morgan fingerprint density at radius 2 is 1.91 bits per heavy atom. The fraction of sp³-hybridized carbons (Fsp3) is 0.391. The van der Waals surface area contributed by atoms with Gasteiger partial charge in [0, 0.05) is 19.3 Å². The van der Waals surface area contributed by atoms with Crippen molar-refractivity contribution in [1.29, 1.82) is 0 Å². The van der Waals surface area contributed by atoms with E-state index in [0.717, 1.165) is 25.1 Å². The molecule has 3 aromatic rings. The van der Waals surface area contributed by atoms with Gasteiger partial charge < -0.3 is 10.2 Å². The van der Waals surface area contributed by atoms with Crippen LogP contribution in [0, 0.1) is 18.7 Å². The topological polar surface area (TPSA) is 75.9 Å². The minimum atomic E-state index is -4.47. The van der Waals surface area contributed by atoms with E-state index in [2.05, 4.69) is 20.5 Å². The predicted molar refractivity (Wildman–Crippen MR) is 117 cm³/mol. The number of anilines is 1. The summed E-state index contributed by atoms with van der Waals surface area (Å²) >= 11 is 0. The molecule has 1 unspecified atom stereocenters. The van der Waals surface area contributed by atoms with Crippen LogP contribution in [0.3, 0.4) is 0 Å². The number of aromatic nitrogens is 4. The first kappa shape index (κ1) is 23.7. The zero-order valence-electron chi connectivity index (χ0n) is 18.7. The lowest BCUT2D eigenvalue weighted by Crippen LogP contribution is -2.51. The first-order valence-electron chi connectivity index (χ1n) is 10.9. The summed E-state index contributed by atoms with van der Waals surface area (Å²) < 4.78 is 53.6. The van der Waals surface area contributed by atoms with Crippen LogP contribution in [-0.2, 0) is 6.18 Å². The van der Waals surface area contributed by atoms with E-state index in [9.17, 15) is 18.0 Å². The van der Waals surface area contributed by atoms with E-state index in [1.54, 1.807) is 24.0 Å². The molecular formula is C23H24F4N6O. The molecule has 11 heteroatoms. The van der Waals surface area contributed by atoms with E-state index in [0.29, 0.717) is 12.1 Å². The van der Waals surface area contributed by atoms with Gasteiger partial charge in [-0.2, -0.15) is 28.2 Å². The normalized spacial score (nSPS) is 18.7. The van der Waals surface area contributed by atoms with Gasteiger partial charge in [-0.15, -0.1) is 0 Å². The molecule has 1 aromatic carbocycles. The number of hydrogen-bond donors (Lipinski definition) is 1. The number of amides is 1. The van der Waals surface area contributed by atoms with Crippen LogP contribution in [-0.4, -0.2) is 49.9 Å². The molecule has 1 saturated heterocycles. The maximum Gasteiger partial charge on any atom is 0.417 e.